The predicted octanol–water partition coefficient (Wildman–Crippen LogP) is 2.51. The minimum atomic E-state index is -0.244. The SMILES string of the molecule is Nc1cc(Br)ccc1Oc1nc[nH]c(=O)c1I. The van der Waals surface area contributed by atoms with Crippen LogP contribution in [-0.2, 0) is 0 Å². The summed E-state index contributed by atoms with van der Waals surface area (Å²) in [5.74, 6) is 0.701. The first-order valence-electron chi connectivity index (χ1n) is 4.54. The van der Waals surface area contributed by atoms with Gasteiger partial charge in [0, 0.05) is 4.47 Å². The smallest absolute Gasteiger partial charge is 0.268 e. The van der Waals surface area contributed by atoms with E-state index < -0.39 is 0 Å². The first-order valence-corrected chi connectivity index (χ1v) is 6.41. The van der Waals surface area contributed by atoms with Crippen LogP contribution in [0.3, 0.4) is 0 Å². The molecule has 0 saturated carbocycles. The number of anilines is 1. The van der Waals surface area contributed by atoms with Crippen LogP contribution in [0.2, 0.25) is 0 Å². The number of benzene rings is 1. The number of nitrogens with zero attached hydrogens (tertiary/aromatic N) is 1. The zero-order valence-electron chi connectivity index (χ0n) is 8.41. The number of aromatic amines is 1. The Morgan fingerprint density at radius 2 is 2.24 bits per heavy atom. The topological polar surface area (TPSA) is 81.0 Å². The van der Waals surface area contributed by atoms with Gasteiger partial charge in [-0.15, -0.1) is 0 Å². The fourth-order valence-electron chi connectivity index (χ4n) is 1.15. The van der Waals surface area contributed by atoms with E-state index in [0.29, 0.717) is 15.0 Å². The van der Waals surface area contributed by atoms with Crippen molar-refractivity contribution in [2.24, 2.45) is 0 Å². The molecule has 88 valence electrons. The lowest BCUT2D eigenvalue weighted by Crippen LogP contribution is -2.11. The molecule has 2 rings (SSSR count). The molecule has 5 nitrogen and oxygen atoms in total. The summed E-state index contributed by atoms with van der Waals surface area (Å²) in [5.41, 5.74) is 6.01. The van der Waals surface area contributed by atoms with Crippen molar-refractivity contribution in [3.63, 3.8) is 0 Å². The zero-order valence-corrected chi connectivity index (χ0v) is 12.1. The van der Waals surface area contributed by atoms with Crippen LogP contribution in [0, 0.1) is 3.57 Å². The maximum Gasteiger partial charge on any atom is 0.268 e. The second kappa shape index (κ2) is 5.05. The average Bonchev–Trinajstić information content (AvgIpc) is 2.28. The van der Waals surface area contributed by atoms with Gasteiger partial charge in [0.25, 0.3) is 5.56 Å². The predicted molar refractivity (Wildman–Crippen MR) is 76.2 cm³/mol. The van der Waals surface area contributed by atoms with Crippen molar-refractivity contribution in [2.75, 3.05) is 5.73 Å². The van der Waals surface area contributed by atoms with Gasteiger partial charge in [0.1, 0.15) is 3.57 Å². The second-order valence-corrected chi connectivity index (χ2v) is 5.13. The van der Waals surface area contributed by atoms with Crippen molar-refractivity contribution in [3.8, 4) is 11.6 Å². The molecule has 0 aliphatic carbocycles. The largest absolute Gasteiger partial charge is 0.435 e. The molecule has 0 bridgehead atoms. The fourth-order valence-corrected chi connectivity index (χ4v) is 1.94. The summed E-state index contributed by atoms with van der Waals surface area (Å²) in [6, 6.07) is 5.22. The highest BCUT2D eigenvalue weighted by Gasteiger charge is 2.09. The van der Waals surface area contributed by atoms with Gasteiger partial charge in [-0.05, 0) is 40.8 Å². The number of nitrogens with one attached hydrogen (secondary N) is 1. The maximum atomic E-state index is 11.3. The molecule has 0 fully saturated rings. The van der Waals surface area contributed by atoms with Gasteiger partial charge in [0.2, 0.25) is 5.88 Å². The monoisotopic (exact) mass is 407 g/mol. The minimum absolute atomic E-state index is 0.239. The van der Waals surface area contributed by atoms with Crippen molar-refractivity contribution in [3.05, 3.63) is 42.9 Å². The molecule has 0 amide bonds. The Morgan fingerprint density at radius 3 is 2.94 bits per heavy atom. The third kappa shape index (κ3) is 2.78. The first-order chi connectivity index (χ1) is 8.08. The number of nitrogen functional groups attached to an aromatic ring is 1. The Kier molecular flexibility index (Phi) is 3.67. The van der Waals surface area contributed by atoms with E-state index in [2.05, 4.69) is 25.9 Å². The molecule has 17 heavy (non-hydrogen) atoms. The lowest BCUT2D eigenvalue weighted by molar-refractivity contribution is 0.458. The zero-order chi connectivity index (χ0) is 12.4. The molecule has 1 heterocycles. The molecule has 0 radical (unpaired) electrons. The van der Waals surface area contributed by atoms with E-state index in [1.807, 2.05) is 22.6 Å². The van der Waals surface area contributed by atoms with Crippen LogP contribution in [0.25, 0.3) is 0 Å². The Bertz CT molecular complexity index is 615. The maximum absolute atomic E-state index is 11.3. The van der Waals surface area contributed by atoms with Gasteiger partial charge in [-0.2, -0.15) is 0 Å². The van der Waals surface area contributed by atoms with E-state index in [9.17, 15) is 4.79 Å². The van der Waals surface area contributed by atoms with Crippen LogP contribution in [0.5, 0.6) is 11.6 Å². The molecule has 2 aromatic rings. The van der Waals surface area contributed by atoms with Crippen molar-refractivity contribution in [1.82, 2.24) is 9.97 Å². The second-order valence-electron chi connectivity index (χ2n) is 3.14. The molecule has 0 spiro atoms. The van der Waals surface area contributed by atoms with Gasteiger partial charge in [-0.3, -0.25) is 4.79 Å². The normalized spacial score (nSPS) is 10.2. The van der Waals surface area contributed by atoms with Crippen LogP contribution < -0.4 is 16.0 Å². The van der Waals surface area contributed by atoms with Gasteiger partial charge in [-0.1, -0.05) is 15.9 Å². The van der Waals surface area contributed by atoms with Crippen LogP contribution >= 0.6 is 38.5 Å². The van der Waals surface area contributed by atoms with Gasteiger partial charge in [0.15, 0.2) is 5.75 Å². The number of hydrogen-bond acceptors (Lipinski definition) is 4. The van der Waals surface area contributed by atoms with E-state index in [1.54, 1.807) is 18.2 Å². The summed E-state index contributed by atoms with van der Waals surface area (Å²) in [6.45, 7) is 0. The average molecular weight is 408 g/mol. The molecule has 0 aliphatic heterocycles. The Hall–Kier alpha value is -1.09. The van der Waals surface area contributed by atoms with E-state index in [0.717, 1.165) is 4.47 Å². The molecular formula is C10H7BrIN3O2. The number of halogens is 2. The fraction of sp³-hybridized carbons (Fsp3) is 0. The van der Waals surface area contributed by atoms with Gasteiger partial charge in [0.05, 0.1) is 12.0 Å². The Morgan fingerprint density at radius 1 is 1.47 bits per heavy atom. The Balaban J connectivity index is 2.38. The molecule has 0 unspecified atom stereocenters. The summed E-state index contributed by atoms with van der Waals surface area (Å²) >= 11 is 5.17. The van der Waals surface area contributed by atoms with Crippen LogP contribution in [0.1, 0.15) is 0 Å². The Labute approximate surface area is 119 Å². The van der Waals surface area contributed by atoms with Gasteiger partial charge in [-0.25, -0.2) is 4.98 Å². The number of ether oxygens (including phenoxy) is 1. The summed E-state index contributed by atoms with van der Waals surface area (Å²) in [5, 5.41) is 0. The van der Waals surface area contributed by atoms with Crippen molar-refractivity contribution < 1.29 is 4.74 Å². The molecule has 7 heteroatoms. The van der Waals surface area contributed by atoms with Crippen LogP contribution in [-0.4, -0.2) is 9.97 Å². The standard InChI is InChI=1S/C10H7BrIN3O2/c11-5-1-2-7(6(13)3-5)17-10-8(12)9(16)14-4-15-10/h1-4H,13H2,(H,14,15,16). The third-order valence-electron chi connectivity index (χ3n) is 1.94. The summed E-state index contributed by atoms with van der Waals surface area (Å²) in [6.07, 6.45) is 1.29. The third-order valence-corrected chi connectivity index (χ3v) is 3.39. The number of nitrogens with two attached hydrogens (primary N) is 1. The van der Waals surface area contributed by atoms with E-state index in [1.165, 1.54) is 6.33 Å². The summed E-state index contributed by atoms with van der Waals surface area (Å²) in [7, 11) is 0. The molecule has 0 atom stereocenters. The number of rotatable bonds is 2. The highest BCUT2D eigenvalue weighted by atomic mass is 127. The number of H-pyrrole nitrogens is 1. The molecular weight excluding hydrogens is 401 g/mol. The van der Waals surface area contributed by atoms with E-state index >= 15 is 0 Å². The summed E-state index contributed by atoms with van der Waals surface area (Å²) < 4.78 is 6.73. The number of aromatic nitrogens is 2. The van der Waals surface area contributed by atoms with Gasteiger partial charge < -0.3 is 15.5 Å². The summed E-state index contributed by atoms with van der Waals surface area (Å²) in [4.78, 5) is 17.7. The molecule has 0 aliphatic rings. The minimum Gasteiger partial charge on any atom is -0.435 e. The van der Waals surface area contributed by atoms with Crippen molar-refractivity contribution in [2.45, 2.75) is 0 Å². The molecule has 1 aromatic heterocycles. The lowest BCUT2D eigenvalue weighted by Gasteiger charge is -2.08. The van der Waals surface area contributed by atoms with Gasteiger partial charge >= 0.3 is 0 Å². The van der Waals surface area contributed by atoms with E-state index in [-0.39, 0.29) is 11.4 Å². The van der Waals surface area contributed by atoms with E-state index in [4.69, 9.17) is 10.5 Å². The molecule has 0 saturated heterocycles. The molecule has 1 aromatic carbocycles. The highest BCUT2D eigenvalue weighted by Crippen LogP contribution is 2.29. The lowest BCUT2D eigenvalue weighted by atomic mass is 10.3. The van der Waals surface area contributed by atoms with Crippen molar-refractivity contribution >= 4 is 44.2 Å². The first kappa shape index (κ1) is 12.4. The quantitative estimate of drug-likeness (QED) is 0.592. The highest BCUT2D eigenvalue weighted by molar-refractivity contribution is 14.1. The van der Waals surface area contributed by atoms with Crippen molar-refractivity contribution in [1.29, 1.82) is 0 Å². The molecule has 3 N–H and O–H groups in total. The number of hydrogen-bond donors (Lipinski definition) is 2. The van der Waals surface area contributed by atoms with Crippen LogP contribution in [0.15, 0.2) is 33.8 Å². The van der Waals surface area contributed by atoms with Crippen LogP contribution in [0.4, 0.5) is 5.69 Å².